The molecule has 0 spiro atoms. The fourth-order valence-corrected chi connectivity index (χ4v) is 2.90. The summed E-state index contributed by atoms with van der Waals surface area (Å²) in [6, 6.07) is 0.850. The zero-order chi connectivity index (χ0) is 11.8. The Morgan fingerprint density at radius 3 is 2.38 bits per heavy atom. The summed E-state index contributed by atoms with van der Waals surface area (Å²) >= 11 is 0. The second-order valence-corrected chi connectivity index (χ2v) is 5.62. The van der Waals surface area contributed by atoms with Gasteiger partial charge in [0.25, 0.3) is 0 Å². The van der Waals surface area contributed by atoms with E-state index in [0.29, 0.717) is 0 Å². The van der Waals surface area contributed by atoms with Crippen LogP contribution in [0.3, 0.4) is 0 Å². The topological polar surface area (TPSA) is 29.3 Å². The molecular weight excluding hydrogens is 196 g/mol. The molecule has 2 nitrogen and oxygen atoms in total. The first-order chi connectivity index (χ1) is 7.74. The van der Waals surface area contributed by atoms with E-state index in [1.807, 2.05) is 0 Å². The minimum absolute atomic E-state index is 0.803. The number of nitrogens with two attached hydrogens (primary N) is 1. The van der Waals surface area contributed by atoms with Crippen LogP contribution in [0.4, 0.5) is 0 Å². The number of hydrogen-bond donors (Lipinski definition) is 1. The molecule has 2 N–H and O–H groups in total. The Kier molecular flexibility index (Phi) is 7.06. The number of hydrogen-bond acceptors (Lipinski definition) is 2. The van der Waals surface area contributed by atoms with Gasteiger partial charge in [0.2, 0.25) is 0 Å². The molecule has 0 radical (unpaired) electrons. The predicted molar refractivity (Wildman–Crippen MR) is 71.6 cm³/mol. The van der Waals surface area contributed by atoms with Crippen LogP contribution in [0.25, 0.3) is 0 Å². The van der Waals surface area contributed by atoms with E-state index in [-0.39, 0.29) is 0 Å². The van der Waals surface area contributed by atoms with Crippen LogP contribution in [0.2, 0.25) is 0 Å². The van der Waals surface area contributed by atoms with Crippen molar-refractivity contribution in [1.29, 1.82) is 0 Å². The van der Waals surface area contributed by atoms with Gasteiger partial charge < -0.3 is 10.6 Å². The molecule has 2 heteroatoms. The van der Waals surface area contributed by atoms with Crippen molar-refractivity contribution in [3.8, 4) is 0 Å². The van der Waals surface area contributed by atoms with Crippen LogP contribution in [-0.2, 0) is 0 Å². The van der Waals surface area contributed by atoms with Gasteiger partial charge in [-0.15, -0.1) is 0 Å². The molecule has 1 aliphatic carbocycles. The molecule has 96 valence electrons. The lowest BCUT2D eigenvalue weighted by Gasteiger charge is -2.29. The first-order valence-corrected chi connectivity index (χ1v) is 7.14. The first-order valence-electron chi connectivity index (χ1n) is 7.14. The van der Waals surface area contributed by atoms with Crippen molar-refractivity contribution >= 4 is 0 Å². The van der Waals surface area contributed by atoms with Crippen LogP contribution in [0, 0.1) is 5.92 Å². The van der Waals surface area contributed by atoms with Gasteiger partial charge >= 0.3 is 0 Å². The smallest absolute Gasteiger partial charge is 0.00923 e. The Labute approximate surface area is 102 Å². The lowest BCUT2D eigenvalue weighted by Crippen LogP contribution is -2.34. The molecule has 1 rings (SSSR count). The molecule has 0 aromatic heterocycles. The molecule has 0 heterocycles. The number of rotatable bonds is 6. The van der Waals surface area contributed by atoms with Crippen molar-refractivity contribution in [2.24, 2.45) is 11.7 Å². The van der Waals surface area contributed by atoms with Gasteiger partial charge in [-0.05, 0) is 45.2 Å². The van der Waals surface area contributed by atoms with E-state index in [2.05, 4.69) is 18.9 Å². The van der Waals surface area contributed by atoms with E-state index >= 15 is 0 Å². The van der Waals surface area contributed by atoms with Crippen LogP contribution in [0.5, 0.6) is 0 Å². The number of nitrogens with zero attached hydrogens (tertiary/aromatic N) is 1. The minimum Gasteiger partial charge on any atom is -0.330 e. The summed E-state index contributed by atoms with van der Waals surface area (Å²) in [5.74, 6) is 0.803. The quantitative estimate of drug-likeness (QED) is 0.705. The van der Waals surface area contributed by atoms with Gasteiger partial charge in [0.15, 0.2) is 0 Å². The van der Waals surface area contributed by atoms with Crippen molar-refractivity contribution in [2.45, 2.75) is 64.3 Å². The molecule has 1 aliphatic rings. The Balaban J connectivity index is 2.23. The van der Waals surface area contributed by atoms with Crippen molar-refractivity contribution in [2.75, 3.05) is 20.1 Å². The van der Waals surface area contributed by atoms with Gasteiger partial charge in [0.05, 0.1) is 0 Å². The van der Waals surface area contributed by atoms with Gasteiger partial charge in [-0.3, -0.25) is 0 Å². The summed E-state index contributed by atoms with van der Waals surface area (Å²) in [6.07, 6.45) is 11.1. The highest BCUT2D eigenvalue weighted by atomic mass is 15.1. The first kappa shape index (κ1) is 14.0. The van der Waals surface area contributed by atoms with Crippen LogP contribution in [-0.4, -0.2) is 31.1 Å². The third-order valence-corrected chi connectivity index (χ3v) is 3.95. The van der Waals surface area contributed by atoms with Crippen molar-refractivity contribution in [3.05, 3.63) is 0 Å². The Bertz CT molecular complexity index is 162. The summed E-state index contributed by atoms with van der Waals surface area (Å²) < 4.78 is 0. The third-order valence-electron chi connectivity index (χ3n) is 3.95. The molecule has 0 aliphatic heterocycles. The normalized spacial score (nSPS) is 21.0. The van der Waals surface area contributed by atoms with E-state index in [9.17, 15) is 0 Å². The third kappa shape index (κ3) is 5.31. The largest absolute Gasteiger partial charge is 0.330 e. The molecule has 0 amide bonds. The summed E-state index contributed by atoms with van der Waals surface area (Å²) in [5.41, 5.74) is 5.56. The van der Waals surface area contributed by atoms with Gasteiger partial charge in [-0.1, -0.05) is 32.6 Å². The Morgan fingerprint density at radius 1 is 1.19 bits per heavy atom. The van der Waals surface area contributed by atoms with E-state index in [1.54, 1.807) is 0 Å². The summed E-state index contributed by atoms with van der Waals surface area (Å²) in [7, 11) is 2.31. The molecule has 16 heavy (non-hydrogen) atoms. The standard InChI is InChI=1S/C14H30N2/c1-13(8-7-11-15)12-16(2)14-9-5-3-4-6-10-14/h13-14H,3-12,15H2,1-2H3. The fourth-order valence-electron chi connectivity index (χ4n) is 2.90. The van der Waals surface area contributed by atoms with E-state index < -0.39 is 0 Å². The van der Waals surface area contributed by atoms with Crippen molar-refractivity contribution in [3.63, 3.8) is 0 Å². The van der Waals surface area contributed by atoms with Crippen LogP contribution in [0.1, 0.15) is 58.3 Å². The van der Waals surface area contributed by atoms with Crippen LogP contribution < -0.4 is 5.73 Å². The molecule has 0 bridgehead atoms. The highest BCUT2D eigenvalue weighted by Gasteiger charge is 2.18. The van der Waals surface area contributed by atoms with Crippen LogP contribution >= 0.6 is 0 Å². The average molecular weight is 226 g/mol. The fraction of sp³-hybridized carbons (Fsp3) is 1.00. The molecular formula is C14H30N2. The molecule has 0 aromatic carbocycles. The summed E-state index contributed by atoms with van der Waals surface area (Å²) in [4.78, 5) is 2.60. The highest BCUT2D eigenvalue weighted by Crippen LogP contribution is 2.22. The molecule has 1 fully saturated rings. The molecule has 0 saturated heterocycles. The minimum atomic E-state index is 0.803. The molecule has 1 atom stereocenters. The Morgan fingerprint density at radius 2 is 1.81 bits per heavy atom. The van der Waals surface area contributed by atoms with E-state index in [4.69, 9.17) is 5.73 Å². The highest BCUT2D eigenvalue weighted by molar-refractivity contribution is 4.73. The maximum Gasteiger partial charge on any atom is 0.00923 e. The van der Waals surface area contributed by atoms with E-state index in [1.165, 1.54) is 57.9 Å². The monoisotopic (exact) mass is 226 g/mol. The second kappa shape index (κ2) is 8.08. The zero-order valence-corrected chi connectivity index (χ0v) is 11.3. The average Bonchev–Trinajstić information content (AvgIpc) is 2.54. The predicted octanol–water partition coefficient (Wildman–Crippen LogP) is 3.02. The van der Waals surface area contributed by atoms with Crippen molar-refractivity contribution < 1.29 is 0 Å². The van der Waals surface area contributed by atoms with Gasteiger partial charge in [0.1, 0.15) is 0 Å². The lowest BCUT2D eigenvalue weighted by molar-refractivity contribution is 0.190. The maximum atomic E-state index is 5.56. The van der Waals surface area contributed by atoms with Crippen LogP contribution in [0.15, 0.2) is 0 Å². The van der Waals surface area contributed by atoms with Gasteiger partial charge in [-0.25, -0.2) is 0 Å². The molecule has 0 aromatic rings. The SMILES string of the molecule is CC(CCCN)CN(C)C1CCCCCC1. The Hall–Kier alpha value is -0.0800. The van der Waals surface area contributed by atoms with Gasteiger partial charge in [0, 0.05) is 12.6 Å². The lowest BCUT2D eigenvalue weighted by atomic mass is 10.0. The molecule has 1 saturated carbocycles. The second-order valence-electron chi connectivity index (χ2n) is 5.62. The summed E-state index contributed by atoms with van der Waals surface area (Å²) in [6.45, 7) is 4.46. The molecule has 1 unspecified atom stereocenters. The van der Waals surface area contributed by atoms with E-state index in [0.717, 1.165) is 18.5 Å². The summed E-state index contributed by atoms with van der Waals surface area (Å²) in [5, 5.41) is 0. The zero-order valence-electron chi connectivity index (χ0n) is 11.3. The maximum absolute atomic E-state index is 5.56. The van der Waals surface area contributed by atoms with Gasteiger partial charge in [-0.2, -0.15) is 0 Å². The van der Waals surface area contributed by atoms with Crippen molar-refractivity contribution in [1.82, 2.24) is 4.90 Å².